The molecule has 1 N–H and O–H groups in total. The van der Waals surface area contributed by atoms with E-state index in [9.17, 15) is 0 Å². The molecule has 4 rings (SSSR count). The molecule has 0 saturated carbocycles. The lowest BCUT2D eigenvalue weighted by Crippen LogP contribution is -2.34. The Hall–Kier alpha value is -3.92. The maximum Gasteiger partial charge on any atom is 0.234 e. The zero-order valence-corrected chi connectivity index (χ0v) is 35.2. The van der Waals surface area contributed by atoms with Gasteiger partial charge in [-0.25, -0.2) is 0 Å². The molecule has 0 saturated heterocycles. The van der Waals surface area contributed by atoms with E-state index in [4.69, 9.17) is 4.42 Å². The fraction of sp³-hybridized carbons (Fsp3) is 0.469. The summed E-state index contributed by atoms with van der Waals surface area (Å²) in [6.45, 7) is 36.1. The standard InChI is InChI=1S/C49H68BN2O/c1-15-19-38(26-32-51-31-18-20-36(17-3)47(9,10)27-25-35(4)5)52(39-22-23-41-42(34-39)49(13,14)29-28-48(41,11)12)44-40-33-37(46(6,7)8)21-24-43(40)53-45(44)50-30-16-2/h15-19,21-24,26,30-36,51H,1,3,20,25,27-29H2,2,4-14H3/b30-16+,31-18+,32-26+,38-19+. The monoisotopic (exact) mass is 712 g/mol. The average molecular weight is 712 g/mol. The van der Waals surface area contributed by atoms with Crippen LogP contribution in [0.25, 0.3) is 11.0 Å². The molecule has 3 aromatic rings. The van der Waals surface area contributed by atoms with Crippen LogP contribution in [0.3, 0.4) is 0 Å². The molecule has 2 aromatic carbocycles. The average Bonchev–Trinajstić information content (AvgIpc) is 3.45. The summed E-state index contributed by atoms with van der Waals surface area (Å²) >= 11 is 0. The number of furan rings is 1. The molecule has 283 valence electrons. The van der Waals surface area contributed by atoms with Gasteiger partial charge >= 0.3 is 0 Å². The molecule has 0 amide bonds. The topological polar surface area (TPSA) is 28.4 Å². The molecular weight excluding hydrogens is 643 g/mol. The number of benzene rings is 2. The second kappa shape index (κ2) is 17.0. The van der Waals surface area contributed by atoms with E-state index in [0.717, 1.165) is 46.5 Å². The third kappa shape index (κ3) is 9.99. The lowest BCUT2D eigenvalue weighted by atomic mass is 9.63. The molecule has 1 aromatic heterocycles. The van der Waals surface area contributed by atoms with Crippen molar-refractivity contribution in [2.75, 3.05) is 4.90 Å². The molecular formula is C49H68BN2O. The van der Waals surface area contributed by atoms with E-state index >= 15 is 0 Å². The number of hydrogen-bond acceptors (Lipinski definition) is 3. The largest absolute Gasteiger partial charge is 0.469 e. The highest BCUT2D eigenvalue weighted by atomic mass is 16.3. The Kier molecular flexibility index (Phi) is 13.5. The van der Waals surface area contributed by atoms with Crippen molar-refractivity contribution in [3.05, 3.63) is 127 Å². The minimum Gasteiger partial charge on any atom is -0.469 e. The van der Waals surface area contributed by atoms with Gasteiger partial charge in [0.2, 0.25) is 7.28 Å². The van der Waals surface area contributed by atoms with Crippen molar-refractivity contribution in [2.24, 2.45) is 17.3 Å². The van der Waals surface area contributed by atoms with Gasteiger partial charge in [0.25, 0.3) is 0 Å². The fourth-order valence-electron chi connectivity index (χ4n) is 7.60. The van der Waals surface area contributed by atoms with Crippen LogP contribution in [0.1, 0.15) is 132 Å². The van der Waals surface area contributed by atoms with Crippen molar-refractivity contribution < 1.29 is 4.42 Å². The van der Waals surface area contributed by atoms with Crippen LogP contribution in [0.15, 0.2) is 115 Å². The Labute approximate surface area is 324 Å². The molecule has 3 nitrogen and oxygen atoms in total. The van der Waals surface area contributed by atoms with E-state index in [2.05, 4.69) is 180 Å². The Morgan fingerprint density at radius 1 is 0.962 bits per heavy atom. The molecule has 1 atom stereocenters. The zero-order valence-electron chi connectivity index (χ0n) is 35.2. The van der Waals surface area contributed by atoms with Gasteiger partial charge in [-0.1, -0.05) is 120 Å². The van der Waals surface area contributed by atoms with Crippen molar-refractivity contribution >= 4 is 35.3 Å². The van der Waals surface area contributed by atoms with Crippen LogP contribution < -0.4 is 15.9 Å². The van der Waals surface area contributed by atoms with Crippen LogP contribution in [0.5, 0.6) is 0 Å². The Balaban J connectivity index is 1.84. The molecule has 0 aliphatic heterocycles. The van der Waals surface area contributed by atoms with Crippen LogP contribution in [0.4, 0.5) is 11.4 Å². The molecule has 53 heavy (non-hydrogen) atoms. The second-order valence-corrected chi connectivity index (χ2v) is 18.5. The van der Waals surface area contributed by atoms with E-state index in [1.165, 1.54) is 36.0 Å². The first kappa shape index (κ1) is 41.8. The number of nitrogens with zero attached hydrogens (tertiary/aromatic N) is 1. The number of rotatable bonds is 16. The van der Waals surface area contributed by atoms with Gasteiger partial charge in [-0.05, 0) is 125 Å². The molecule has 0 fully saturated rings. The maximum absolute atomic E-state index is 6.67. The van der Waals surface area contributed by atoms with Crippen LogP contribution >= 0.6 is 0 Å². The fourth-order valence-corrected chi connectivity index (χ4v) is 7.60. The Morgan fingerprint density at radius 3 is 2.28 bits per heavy atom. The summed E-state index contributed by atoms with van der Waals surface area (Å²) in [4.78, 5) is 2.36. The van der Waals surface area contributed by atoms with Gasteiger partial charge in [-0.3, -0.25) is 0 Å². The van der Waals surface area contributed by atoms with Crippen molar-refractivity contribution in [1.29, 1.82) is 0 Å². The van der Waals surface area contributed by atoms with E-state index in [-0.39, 0.29) is 21.7 Å². The highest BCUT2D eigenvalue weighted by molar-refractivity contribution is 6.60. The van der Waals surface area contributed by atoms with Gasteiger partial charge in [0.05, 0.1) is 11.3 Å². The summed E-state index contributed by atoms with van der Waals surface area (Å²) < 4.78 is 6.67. The number of fused-ring (bicyclic) bond motifs is 2. The van der Waals surface area contributed by atoms with Gasteiger partial charge in [0.1, 0.15) is 5.58 Å². The lowest BCUT2D eigenvalue weighted by Gasteiger charge is -2.42. The first-order valence-electron chi connectivity index (χ1n) is 19.9. The second-order valence-electron chi connectivity index (χ2n) is 18.5. The zero-order chi connectivity index (χ0) is 39.2. The summed E-state index contributed by atoms with van der Waals surface area (Å²) in [6.07, 6.45) is 22.3. The lowest BCUT2D eigenvalue weighted by molar-refractivity contribution is 0.222. The predicted molar refractivity (Wildman–Crippen MR) is 235 cm³/mol. The van der Waals surface area contributed by atoms with Crippen molar-refractivity contribution in [2.45, 2.75) is 131 Å². The molecule has 1 unspecified atom stereocenters. The number of nitrogens with one attached hydrogen (secondary N) is 1. The van der Waals surface area contributed by atoms with E-state index in [1.54, 1.807) is 0 Å². The van der Waals surface area contributed by atoms with Crippen molar-refractivity contribution in [3.8, 4) is 0 Å². The highest BCUT2D eigenvalue weighted by Gasteiger charge is 2.38. The molecule has 0 bridgehead atoms. The molecule has 1 heterocycles. The summed E-state index contributed by atoms with van der Waals surface area (Å²) in [5.74, 6) is 3.17. The third-order valence-electron chi connectivity index (χ3n) is 11.5. The molecule has 4 heteroatoms. The summed E-state index contributed by atoms with van der Waals surface area (Å²) in [5, 5.41) is 4.54. The van der Waals surface area contributed by atoms with E-state index < -0.39 is 0 Å². The summed E-state index contributed by atoms with van der Waals surface area (Å²) in [6, 6.07) is 13.7. The minimum atomic E-state index is -0.0215. The SMILES string of the molecule is C=C/C=C(\C=C\N/C=C/CC(C=C)C(C)(C)CCC(C)C)N(c1ccc2c(c1)C(C)(C)CCC2(C)C)c1c([B]/C=C/C)oc2ccc(C(C)(C)C)cc12. The first-order valence-corrected chi connectivity index (χ1v) is 19.9. The summed E-state index contributed by atoms with van der Waals surface area (Å²) in [7, 11) is 2.08. The number of hydrogen-bond donors (Lipinski definition) is 1. The minimum absolute atomic E-state index is 0.0215. The molecule has 1 radical (unpaired) electrons. The number of allylic oxidation sites excluding steroid dienone is 6. The normalized spacial score (nSPS) is 16.8. The summed E-state index contributed by atoms with van der Waals surface area (Å²) in [5.41, 5.74) is 9.24. The van der Waals surface area contributed by atoms with Gasteiger partial charge in [0, 0.05) is 23.0 Å². The van der Waals surface area contributed by atoms with Gasteiger partial charge in [-0.15, -0.1) is 18.6 Å². The van der Waals surface area contributed by atoms with Crippen LogP contribution in [-0.2, 0) is 16.2 Å². The van der Waals surface area contributed by atoms with Gasteiger partial charge in [0.15, 0.2) is 0 Å². The third-order valence-corrected chi connectivity index (χ3v) is 11.5. The Morgan fingerprint density at radius 2 is 1.66 bits per heavy atom. The smallest absolute Gasteiger partial charge is 0.234 e. The molecule has 1 aliphatic rings. The molecule has 0 spiro atoms. The maximum atomic E-state index is 6.67. The van der Waals surface area contributed by atoms with Crippen molar-refractivity contribution in [3.63, 3.8) is 0 Å². The van der Waals surface area contributed by atoms with E-state index in [1.807, 2.05) is 25.3 Å². The van der Waals surface area contributed by atoms with Crippen LogP contribution in [0.2, 0.25) is 0 Å². The van der Waals surface area contributed by atoms with E-state index in [0.29, 0.717) is 11.8 Å². The molecule has 1 aliphatic carbocycles. The van der Waals surface area contributed by atoms with Crippen molar-refractivity contribution in [1.82, 2.24) is 5.32 Å². The van der Waals surface area contributed by atoms with Gasteiger partial charge in [-0.2, -0.15) is 0 Å². The van der Waals surface area contributed by atoms with Crippen LogP contribution in [-0.4, -0.2) is 7.28 Å². The number of anilines is 2. The predicted octanol–water partition coefficient (Wildman–Crippen LogP) is 13.4. The first-order chi connectivity index (χ1) is 24.9. The highest BCUT2D eigenvalue weighted by Crippen LogP contribution is 2.48. The van der Waals surface area contributed by atoms with Gasteiger partial charge < -0.3 is 14.6 Å². The Bertz CT molecular complexity index is 1850. The van der Waals surface area contributed by atoms with Crippen LogP contribution in [0, 0.1) is 17.3 Å². The quantitative estimate of drug-likeness (QED) is 0.0911.